The van der Waals surface area contributed by atoms with Crippen LogP contribution in [0.3, 0.4) is 0 Å². The SMILES string of the molecule is CO[SiH](C)c1cccc(N)c1.CO[Si](C)(OC)c1cccc(N)c1.CO[Si](OC)(OC)c1cccc(N)c1. The van der Waals surface area contributed by atoms with Crippen LogP contribution in [0.2, 0.25) is 13.1 Å². The predicted molar refractivity (Wildman–Crippen MR) is 164 cm³/mol. The smallest absolute Gasteiger partial charge is 0.419 e. The van der Waals surface area contributed by atoms with Crippen LogP contribution in [0.5, 0.6) is 0 Å². The summed E-state index contributed by atoms with van der Waals surface area (Å²) >= 11 is 0. The van der Waals surface area contributed by atoms with Gasteiger partial charge in [-0.25, -0.2) is 0 Å². The minimum atomic E-state index is -2.70. The van der Waals surface area contributed by atoms with Gasteiger partial charge in [0.25, 0.3) is 0 Å². The van der Waals surface area contributed by atoms with Crippen LogP contribution in [0.1, 0.15) is 0 Å². The Balaban J connectivity index is 0.000000287. The molecule has 12 heteroatoms. The molecule has 3 rings (SSSR count). The second-order valence-corrected chi connectivity index (χ2v) is 16.9. The van der Waals surface area contributed by atoms with Gasteiger partial charge in [-0.05, 0) is 59.9 Å². The van der Waals surface area contributed by atoms with E-state index in [4.69, 9.17) is 43.8 Å². The molecule has 0 aliphatic rings. The van der Waals surface area contributed by atoms with Crippen molar-refractivity contribution in [3.05, 3.63) is 72.8 Å². The van der Waals surface area contributed by atoms with E-state index in [1.165, 1.54) is 5.19 Å². The minimum Gasteiger partial charge on any atom is -0.419 e. The molecule has 0 saturated heterocycles. The van der Waals surface area contributed by atoms with Crippen LogP contribution in [0.25, 0.3) is 0 Å². The first-order chi connectivity index (χ1) is 18.0. The fourth-order valence-corrected chi connectivity index (χ4v) is 7.82. The van der Waals surface area contributed by atoms with Crippen molar-refractivity contribution in [3.8, 4) is 0 Å². The fraction of sp³-hybridized carbons (Fsp3) is 0.308. The quantitative estimate of drug-likeness (QED) is 0.256. The van der Waals surface area contributed by atoms with Crippen LogP contribution in [-0.2, 0) is 26.6 Å². The van der Waals surface area contributed by atoms with Gasteiger partial charge >= 0.3 is 17.4 Å². The zero-order valence-corrected chi connectivity index (χ0v) is 26.8. The van der Waals surface area contributed by atoms with E-state index in [0.717, 1.165) is 21.7 Å². The molecule has 9 nitrogen and oxygen atoms in total. The summed E-state index contributed by atoms with van der Waals surface area (Å²) in [6.07, 6.45) is 0. The Labute approximate surface area is 231 Å². The first-order valence-corrected chi connectivity index (χ1v) is 18.1. The van der Waals surface area contributed by atoms with Gasteiger partial charge in [-0.2, -0.15) is 0 Å². The van der Waals surface area contributed by atoms with E-state index >= 15 is 0 Å². The van der Waals surface area contributed by atoms with E-state index in [1.54, 1.807) is 42.7 Å². The van der Waals surface area contributed by atoms with Crippen molar-refractivity contribution in [2.24, 2.45) is 0 Å². The molecule has 0 amide bonds. The van der Waals surface area contributed by atoms with Gasteiger partial charge in [-0.1, -0.05) is 36.4 Å². The highest BCUT2D eigenvalue weighted by atomic mass is 28.4. The molecule has 38 heavy (non-hydrogen) atoms. The van der Waals surface area contributed by atoms with Crippen LogP contribution in [0.15, 0.2) is 72.8 Å². The molecule has 0 radical (unpaired) electrons. The van der Waals surface area contributed by atoms with Crippen molar-refractivity contribution in [2.75, 3.05) is 59.9 Å². The predicted octanol–water partition coefficient (Wildman–Crippen LogP) is 1.67. The summed E-state index contributed by atoms with van der Waals surface area (Å²) in [5.74, 6) is 0. The van der Waals surface area contributed by atoms with Gasteiger partial charge in [-0.3, -0.25) is 0 Å². The maximum Gasteiger partial charge on any atom is 0.536 e. The van der Waals surface area contributed by atoms with Gasteiger partial charge in [-0.15, -0.1) is 0 Å². The third kappa shape index (κ3) is 9.65. The Kier molecular flexibility index (Phi) is 14.5. The van der Waals surface area contributed by atoms with Crippen LogP contribution in [-0.4, -0.2) is 69.1 Å². The molecule has 0 fully saturated rings. The second-order valence-electron chi connectivity index (χ2n) is 8.32. The maximum absolute atomic E-state index is 5.68. The number of hydrogen-bond acceptors (Lipinski definition) is 9. The van der Waals surface area contributed by atoms with Crippen LogP contribution >= 0.6 is 0 Å². The molecule has 210 valence electrons. The van der Waals surface area contributed by atoms with Gasteiger partial charge in [0.2, 0.25) is 9.04 Å². The van der Waals surface area contributed by atoms with E-state index in [0.29, 0.717) is 5.69 Å². The van der Waals surface area contributed by atoms with Gasteiger partial charge in [0.15, 0.2) is 0 Å². The lowest BCUT2D eigenvalue weighted by molar-refractivity contribution is 0.140. The minimum absolute atomic E-state index is 0.672. The van der Waals surface area contributed by atoms with Crippen molar-refractivity contribution in [2.45, 2.75) is 13.1 Å². The molecule has 3 aromatic rings. The topological polar surface area (TPSA) is 133 Å². The third-order valence-electron chi connectivity index (χ3n) is 5.97. The number of anilines is 3. The summed E-state index contributed by atoms with van der Waals surface area (Å²) < 4.78 is 32.0. The number of rotatable bonds is 9. The molecule has 1 atom stereocenters. The molecule has 1 unspecified atom stereocenters. The van der Waals surface area contributed by atoms with Crippen LogP contribution in [0.4, 0.5) is 17.1 Å². The molecular formula is C26H43N3O6Si3. The van der Waals surface area contributed by atoms with Crippen molar-refractivity contribution in [3.63, 3.8) is 0 Å². The first kappa shape index (κ1) is 33.5. The summed E-state index contributed by atoms with van der Waals surface area (Å²) in [6, 6.07) is 22.9. The van der Waals surface area contributed by atoms with E-state index in [1.807, 2.05) is 73.3 Å². The summed E-state index contributed by atoms with van der Waals surface area (Å²) in [6.45, 7) is 4.12. The fourth-order valence-electron chi connectivity index (χ4n) is 3.42. The van der Waals surface area contributed by atoms with Gasteiger partial charge < -0.3 is 43.8 Å². The monoisotopic (exact) mass is 577 g/mol. The zero-order valence-electron chi connectivity index (χ0n) is 23.7. The van der Waals surface area contributed by atoms with E-state index < -0.39 is 26.4 Å². The Bertz CT molecular complexity index is 1090. The summed E-state index contributed by atoms with van der Waals surface area (Å²) in [5.41, 5.74) is 19.2. The Morgan fingerprint density at radius 2 is 1.00 bits per heavy atom. The normalized spacial score (nSPS) is 12.0. The molecule has 0 heterocycles. The van der Waals surface area contributed by atoms with Crippen molar-refractivity contribution < 1.29 is 26.6 Å². The van der Waals surface area contributed by atoms with Crippen molar-refractivity contribution in [1.29, 1.82) is 0 Å². The maximum atomic E-state index is 5.68. The van der Waals surface area contributed by atoms with Gasteiger partial charge in [0.05, 0.1) is 0 Å². The lowest BCUT2D eigenvalue weighted by Crippen LogP contribution is -2.54. The zero-order chi connectivity index (χ0) is 28.8. The molecule has 0 spiro atoms. The Hall–Kier alpha value is -2.53. The van der Waals surface area contributed by atoms with Crippen LogP contribution in [0, 0.1) is 0 Å². The van der Waals surface area contributed by atoms with Gasteiger partial charge in [0.1, 0.15) is 0 Å². The molecule has 3 aromatic carbocycles. The molecule has 0 aliphatic carbocycles. The Morgan fingerprint density at radius 3 is 1.39 bits per heavy atom. The highest BCUT2D eigenvalue weighted by Crippen LogP contribution is 2.09. The van der Waals surface area contributed by atoms with E-state index in [-0.39, 0.29) is 0 Å². The molecule has 0 aliphatic heterocycles. The highest BCUT2D eigenvalue weighted by molar-refractivity contribution is 6.80. The van der Waals surface area contributed by atoms with Crippen LogP contribution < -0.4 is 32.8 Å². The summed E-state index contributed by atoms with van der Waals surface area (Å²) in [7, 11) is 3.76. The molecule has 0 bridgehead atoms. The Morgan fingerprint density at radius 1 is 0.579 bits per heavy atom. The number of nitrogen functional groups attached to an aromatic ring is 3. The van der Waals surface area contributed by atoms with Crippen molar-refractivity contribution >= 4 is 59.0 Å². The summed E-state index contributed by atoms with van der Waals surface area (Å²) in [5, 5.41) is 3.18. The molecule has 6 N–H and O–H groups in total. The first-order valence-electron chi connectivity index (χ1n) is 11.9. The summed E-state index contributed by atoms with van der Waals surface area (Å²) in [4.78, 5) is 0. The second kappa shape index (κ2) is 16.4. The lowest BCUT2D eigenvalue weighted by Gasteiger charge is -2.24. The average molecular weight is 578 g/mol. The number of nitrogens with two attached hydrogens (primary N) is 3. The van der Waals surface area contributed by atoms with Gasteiger partial charge in [0, 0.05) is 64.9 Å². The highest BCUT2D eigenvalue weighted by Gasteiger charge is 2.40. The number of hydrogen-bond donors (Lipinski definition) is 3. The lowest BCUT2D eigenvalue weighted by atomic mass is 10.3. The molecule has 0 aromatic heterocycles. The number of benzene rings is 3. The molecule has 0 saturated carbocycles. The van der Waals surface area contributed by atoms with E-state index in [2.05, 4.69) is 12.6 Å². The molecular weight excluding hydrogens is 535 g/mol. The third-order valence-corrected chi connectivity index (χ3v) is 13.5. The van der Waals surface area contributed by atoms with Crippen molar-refractivity contribution in [1.82, 2.24) is 0 Å². The largest absolute Gasteiger partial charge is 0.536 e. The average Bonchev–Trinajstić information content (AvgIpc) is 2.94. The standard InChI is InChI=1S/C9H15NO3Si.C9H15NO2Si.C8H13NOSi/c1-11-14(12-2,13-3)9-6-4-5-8(10)7-9;1-11-13(3,12-2)9-6-4-5-8(10)7-9;1-10-11(2)8-5-3-4-7(9)6-8/h4-7H,10H2,1-3H3;4-7H,10H2,1-3H3;3-6,11H,9H2,1-2H3. The van der Waals surface area contributed by atoms with E-state index in [9.17, 15) is 0 Å².